The summed E-state index contributed by atoms with van der Waals surface area (Å²) in [6.45, 7) is 11.6. The van der Waals surface area contributed by atoms with Gasteiger partial charge in [-0.3, -0.25) is 37.3 Å². The van der Waals surface area contributed by atoms with Crippen LogP contribution < -0.4 is 0 Å². The molecule has 0 aliphatic heterocycles. The fourth-order valence-corrected chi connectivity index (χ4v) is 11.4. The highest BCUT2D eigenvalue weighted by Gasteiger charge is 2.30. The van der Waals surface area contributed by atoms with Gasteiger partial charge in [0.1, 0.15) is 19.3 Å². The fourth-order valence-electron chi connectivity index (χ4n) is 9.80. The van der Waals surface area contributed by atoms with Crippen molar-refractivity contribution in [3.8, 4) is 0 Å². The number of rotatable bonds is 64. The molecule has 3 unspecified atom stereocenters. The molecule has 0 aromatic carbocycles. The highest BCUT2D eigenvalue weighted by atomic mass is 31.2. The van der Waals surface area contributed by atoms with Crippen LogP contribution in [0.2, 0.25) is 0 Å². The highest BCUT2D eigenvalue weighted by molar-refractivity contribution is 7.47. The van der Waals surface area contributed by atoms with Gasteiger partial charge in [-0.25, -0.2) is 9.13 Å². The van der Waals surface area contributed by atoms with Crippen molar-refractivity contribution < 1.29 is 80.2 Å². The van der Waals surface area contributed by atoms with Gasteiger partial charge in [0, 0.05) is 25.7 Å². The van der Waals surface area contributed by atoms with E-state index in [4.69, 9.17) is 37.0 Å². The lowest BCUT2D eigenvalue weighted by atomic mass is 10.00. The number of carbonyl (C=O) groups is 4. The number of phosphoric ester groups is 2. The summed E-state index contributed by atoms with van der Waals surface area (Å²) in [5.41, 5.74) is 0. The zero-order valence-electron chi connectivity index (χ0n) is 55.1. The number of aliphatic hydroxyl groups is 1. The summed E-state index contributed by atoms with van der Waals surface area (Å²) in [4.78, 5) is 71.9. The molecule has 17 nitrogen and oxygen atoms in total. The molecule has 85 heavy (non-hydrogen) atoms. The molecule has 6 atom stereocenters. The van der Waals surface area contributed by atoms with Crippen molar-refractivity contribution in [1.82, 2.24) is 0 Å². The number of phosphoric acid groups is 2. The first kappa shape index (κ1) is 83.1. The minimum Gasteiger partial charge on any atom is -0.462 e. The summed E-state index contributed by atoms with van der Waals surface area (Å²) >= 11 is 0. The smallest absolute Gasteiger partial charge is 0.462 e. The Morgan fingerprint density at radius 1 is 0.341 bits per heavy atom. The summed E-state index contributed by atoms with van der Waals surface area (Å²) in [5.74, 6) is 0.0711. The van der Waals surface area contributed by atoms with Crippen molar-refractivity contribution in [2.24, 2.45) is 17.8 Å². The lowest BCUT2D eigenvalue weighted by Crippen LogP contribution is -2.30. The van der Waals surface area contributed by atoms with E-state index in [1.54, 1.807) is 0 Å². The third-order valence-electron chi connectivity index (χ3n) is 15.5. The molecule has 0 spiro atoms. The Kier molecular flexibility index (Phi) is 55.9. The van der Waals surface area contributed by atoms with Gasteiger partial charge in [0.05, 0.1) is 26.4 Å². The summed E-state index contributed by atoms with van der Waals surface area (Å²) in [5, 5.41) is 10.5. The molecule has 0 heterocycles. The highest BCUT2D eigenvalue weighted by Crippen LogP contribution is 2.45. The average molecular weight is 1260 g/mol. The van der Waals surface area contributed by atoms with Crippen LogP contribution in [-0.4, -0.2) is 96.7 Å². The van der Waals surface area contributed by atoms with Gasteiger partial charge in [-0.2, -0.15) is 0 Å². The van der Waals surface area contributed by atoms with Gasteiger partial charge in [0.15, 0.2) is 12.2 Å². The van der Waals surface area contributed by atoms with E-state index in [-0.39, 0.29) is 25.7 Å². The van der Waals surface area contributed by atoms with Gasteiger partial charge in [-0.05, 0) is 43.4 Å². The molecular formula is C66H128O17P2. The first-order chi connectivity index (χ1) is 40.8. The average Bonchev–Trinajstić information content (AvgIpc) is 3.55. The van der Waals surface area contributed by atoms with Gasteiger partial charge < -0.3 is 33.8 Å². The predicted octanol–water partition coefficient (Wildman–Crippen LogP) is 18.3. The molecule has 0 saturated heterocycles. The standard InChI is InChI=1S/C66H128O17P2/c1-8-10-11-30-40-47-63(68)76-53-61(83-66(71)50-43-36-28-26-32-38-45-58(5)6)55-80-84(72,73)78-51-60(67)52-79-85(74,75)81-56-62(54-77-64(69)48-41-34-29-27-33-39-46-59(7)9-2)82-65(70)49-42-35-25-23-21-19-17-15-13-12-14-16-18-20-22-24-31-37-44-57(3)4/h57-62,67H,8-56H2,1-7H3,(H,72,73)(H,74,75)/t59?,60-,61+,62+/m0/s1. The number of ether oxygens (including phenoxy) is 4. The minimum absolute atomic E-state index is 0.101. The Labute approximate surface area is 517 Å². The SMILES string of the molecule is CCCCCCCC(=O)OC[C@H](COP(=O)(O)OC[C@H](O)COP(=O)(O)OC[C@@H](COC(=O)CCCCCCCCC(C)CC)OC(=O)CCCCCCCCCCCCCCCCCCCCC(C)C)OC(=O)CCCCCCCCC(C)C. The second-order valence-electron chi connectivity index (χ2n) is 25.1. The van der Waals surface area contributed by atoms with Gasteiger partial charge in [-0.1, -0.05) is 273 Å². The molecule has 0 aliphatic carbocycles. The molecule has 504 valence electrons. The van der Waals surface area contributed by atoms with Gasteiger partial charge in [0.2, 0.25) is 0 Å². The monoisotopic (exact) mass is 1250 g/mol. The lowest BCUT2D eigenvalue weighted by molar-refractivity contribution is -0.161. The molecule has 19 heteroatoms. The minimum atomic E-state index is -4.95. The number of hydrogen-bond donors (Lipinski definition) is 3. The summed E-state index contributed by atoms with van der Waals surface area (Å²) in [7, 11) is -9.88. The number of unbranched alkanes of at least 4 members (excludes halogenated alkanes) is 31. The first-order valence-electron chi connectivity index (χ1n) is 34.4. The molecule has 0 aromatic rings. The van der Waals surface area contributed by atoms with Crippen molar-refractivity contribution >= 4 is 39.5 Å². The van der Waals surface area contributed by atoms with Crippen molar-refractivity contribution in [2.75, 3.05) is 39.6 Å². The molecule has 0 radical (unpaired) electrons. The van der Waals surface area contributed by atoms with Crippen LogP contribution >= 0.6 is 15.6 Å². The van der Waals surface area contributed by atoms with E-state index in [0.717, 1.165) is 115 Å². The maximum absolute atomic E-state index is 13.0. The maximum atomic E-state index is 13.0. The van der Waals surface area contributed by atoms with Crippen LogP contribution in [0.15, 0.2) is 0 Å². The molecule has 0 bridgehead atoms. The molecule has 0 aliphatic rings. The number of hydrogen-bond acceptors (Lipinski definition) is 15. The third kappa shape index (κ3) is 59.5. The quantitative estimate of drug-likeness (QED) is 0.0222. The van der Waals surface area contributed by atoms with Crippen molar-refractivity contribution in [3.05, 3.63) is 0 Å². The second kappa shape index (κ2) is 57.2. The van der Waals surface area contributed by atoms with Crippen LogP contribution in [0.4, 0.5) is 0 Å². The molecule has 0 saturated carbocycles. The summed E-state index contributed by atoms with van der Waals surface area (Å²) in [6, 6.07) is 0. The maximum Gasteiger partial charge on any atom is 0.472 e. The Morgan fingerprint density at radius 2 is 0.600 bits per heavy atom. The van der Waals surface area contributed by atoms with Crippen LogP contribution in [0.25, 0.3) is 0 Å². The normalized spacial score (nSPS) is 14.6. The fraction of sp³-hybridized carbons (Fsp3) is 0.939. The van der Waals surface area contributed by atoms with Crippen molar-refractivity contribution in [3.63, 3.8) is 0 Å². The summed E-state index contributed by atoms with van der Waals surface area (Å²) < 4.78 is 67.8. The van der Waals surface area contributed by atoms with Crippen LogP contribution in [0.1, 0.15) is 325 Å². The van der Waals surface area contributed by atoms with E-state index in [2.05, 4.69) is 48.5 Å². The number of esters is 4. The molecule has 0 fully saturated rings. The molecule has 0 rings (SSSR count). The number of carbonyl (C=O) groups excluding carboxylic acids is 4. The van der Waals surface area contributed by atoms with Crippen molar-refractivity contribution in [2.45, 2.75) is 343 Å². The Hall–Kier alpha value is -1.94. The van der Waals surface area contributed by atoms with Gasteiger partial charge >= 0.3 is 39.5 Å². The van der Waals surface area contributed by atoms with E-state index in [9.17, 15) is 43.2 Å². The molecular weight excluding hydrogens is 1130 g/mol. The van der Waals surface area contributed by atoms with Gasteiger partial charge in [-0.15, -0.1) is 0 Å². The Balaban J connectivity index is 5.08. The molecule has 0 amide bonds. The first-order valence-corrected chi connectivity index (χ1v) is 37.4. The van der Waals surface area contributed by atoms with E-state index in [1.807, 2.05) is 0 Å². The topological polar surface area (TPSA) is 237 Å². The number of aliphatic hydroxyl groups excluding tert-OH is 1. The van der Waals surface area contributed by atoms with Crippen LogP contribution in [0.5, 0.6) is 0 Å². The predicted molar refractivity (Wildman–Crippen MR) is 340 cm³/mol. The van der Waals surface area contributed by atoms with E-state index >= 15 is 0 Å². The van der Waals surface area contributed by atoms with Gasteiger partial charge in [0.25, 0.3) is 0 Å². The van der Waals surface area contributed by atoms with Crippen LogP contribution in [0.3, 0.4) is 0 Å². The van der Waals surface area contributed by atoms with Crippen molar-refractivity contribution in [1.29, 1.82) is 0 Å². The molecule has 0 aromatic heterocycles. The van der Waals surface area contributed by atoms with E-state index in [1.165, 1.54) is 122 Å². The zero-order valence-corrected chi connectivity index (χ0v) is 56.9. The van der Waals surface area contributed by atoms with Crippen LogP contribution in [0, 0.1) is 17.8 Å². The zero-order chi connectivity index (χ0) is 63.1. The van der Waals surface area contributed by atoms with Crippen LogP contribution in [-0.2, 0) is 65.4 Å². The largest absolute Gasteiger partial charge is 0.472 e. The lowest BCUT2D eigenvalue weighted by Gasteiger charge is -2.21. The third-order valence-corrected chi connectivity index (χ3v) is 17.4. The second-order valence-corrected chi connectivity index (χ2v) is 28.0. The molecule has 3 N–H and O–H groups in total. The van der Waals surface area contributed by atoms with E-state index < -0.39 is 97.5 Å². The summed E-state index contributed by atoms with van der Waals surface area (Å²) in [6.07, 6.45) is 39.7. The van der Waals surface area contributed by atoms with E-state index in [0.29, 0.717) is 31.6 Å². The Bertz CT molecular complexity index is 1680. The Morgan fingerprint density at radius 3 is 0.894 bits per heavy atom.